The number of esters is 2. The highest BCUT2D eigenvalue weighted by Crippen LogP contribution is 2.28. The molecule has 2 amide bonds. The lowest BCUT2D eigenvalue weighted by atomic mass is 9.80. The summed E-state index contributed by atoms with van der Waals surface area (Å²) in [6.45, 7) is 2.92. The molecule has 3 aromatic rings. The Morgan fingerprint density at radius 3 is 2.10 bits per heavy atom. The van der Waals surface area contributed by atoms with Gasteiger partial charge >= 0.3 is 11.9 Å². The molecule has 0 spiro atoms. The van der Waals surface area contributed by atoms with E-state index in [0.29, 0.717) is 12.8 Å². The van der Waals surface area contributed by atoms with E-state index in [1.54, 1.807) is 13.8 Å². The van der Waals surface area contributed by atoms with Gasteiger partial charge in [0.05, 0.1) is 18.1 Å². The first-order valence-corrected chi connectivity index (χ1v) is 12.9. The number of aromatic nitrogens is 2. The van der Waals surface area contributed by atoms with Crippen molar-refractivity contribution in [2.75, 3.05) is 6.61 Å². The van der Waals surface area contributed by atoms with Crippen molar-refractivity contribution in [1.82, 2.24) is 20.6 Å². The van der Waals surface area contributed by atoms with Crippen LogP contribution < -0.4 is 16.2 Å². The van der Waals surface area contributed by atoms with Crippen molar-refractivity contribution in [3.63, 3.8) is 0 Å². The van der Waals surface area contributed by atoms with Gasteiger partial charge in [-0.15, -0.1) is 0 Å². The number of hydrogen-bond donors (Lipinski definition) is 3. The lowest BCUT2D eigenvalue weighted by molar-refractivity contribution is -0.165. The number of H-pyrrole nitrogens is 1. The highest BCUT2D eigenvalue weighted by Gasteiger charge is 2.37. The SMILES string of the molecule is CC(C)OC(=O)COC(=O)C1CC(NC(=O)c2ncc(C(=O)NC(c3ccccc3)c3ccccc3)c(=O)[nH]2)C1. The van der Waals surface area contributed by atoms with Gasteiger partial charge in [-0.2, -0.15) is 0 Å². The van der Waals surface area contributed by atoms with Gasteiger partial charge in [0.2, 0.25) is 0 Å². The number of carbonyl (C=O) groups excluding carboxylic acids is 4. The zero-order chi connectivity index (χ0) is 28.6. The van der Waals surface area contributed by atoms with Gasteiger partial charge in [0.15, 0.2) is 12.4 Å². The van der Waals surface area contributed by atoms with Crippen LogP contribution in [-0.2, 0) is 19.1 Å². The molecule has 1 aromatic heterocycles. The van der Waals surface area contributed by atoms with Crippen LogP contribution in [-0.4, -0.2) is 52.5 Å². The van der Waals surface area contributed by atoms with E-state index in [2.05, 4.69) is 20.6 Å². The lowest BCUT2D eigenvalue weighted by Crippen LogP contribution is -2.48. The summed E-state index contributed by atoms with van der Waals surface area (Å²) >= 11 is 0. The monoisotopic (exact) mass is 546 g/mol. The van der Waals surface area contributed by atoms with Gasteiger partial charge in [0.25, 0.3) is 17.4 Å². The molecule has 3 N–H and O–H groups in total. The third-order valence-corrected chi connectivity index (χ3v) is 6.31. The summed E-state index contributed by atoms with van der Waals surface area (Å²) in [5.41, 5.74) is 0.665. The lowest BCUT2D eigenvalue weighted by Gasteiger charge is -2.33. The van der Waals surface area contributed by atoms with E-state index in [-0.39, 0.29) is 23.5 Å². The Bertz CT molecular complexity index is 1380. The van der Waals surface area contributed by atoms with Crippen molar-refractivity contribution in [3.8, 4) is 0 Å². The number of carbonyl (C=O) groups is 4. The molecular formula is C29H30N4O7. The number of benzene rings is 2. The first-order valence-electron chi connectivity index (χ1n) is 12.9. The van der Waals surface area contributed by atoms with E-state index in [9.17, 15) is 24.0 Å². The number of amides is 2. The molecule has 11 nitrogen and oxygen atoms in total. The summed E-state index contributed by atoms with van der Waals surface area (Å²) < 4.78 is 9.87. The average molecular weight is 547 g/mol. The van der Waals surface area contributed by atoms with Crippen LogP contribution in [0, 0.1) is 5.92 Å². The normalized spacial score (nSPS) is 16.1. The van der Waals surface area contributed by atoms with E-state index >= 15 is 0 Å². The maximum absolute atomic E-state index is 13.0. The Morgan fingerprint density at radius 1 is 0.950 bits per heavy atom. The van der Waals surface area contributed by atoms with Gasteiger partial charge in [-0.05, 0) is 37.8 Å². The van der Waals surface area contributed by atoms with Crippen LogP contribution in [0.15, 0.2) is 71.7 Å². The average Bonchev–Trinajstić information content (AvgIpc) is 2.92. The van der Waals surface area contributed by atoms with Crippen molar-refractivity contribution in [2.45, 2.75) is 44.9 Å². The molecule has 2 aromatic carbocycles. The third-order valence-electron chi connectivity index (χ3n) is 6.31. The fourth-order valence-electron chi connectivity index (χ4n) is 4.26. The fraction of sp³-hybridized carbons (Fsp3) is 0.310. The number of aromatic amines is 1. The van der Waals surface area contributed by atoms with Gasteiger partial charge < -0.3 is 25.1 Å². The van der Waals surface area contributed by atoms with E-state index in [4.69, 9.17) is 9.47 Å². The van der Waals surface area contributed by atoms with Crippen LogP contribution in [0.5, 0.6) is 0 Å². The van der Waals surface area contributed by atoms with E-state index in [1.165, 1.54) is 0 Å². The standard InChI is InChI=1S/C29H30N4O7/c1-17(2)40-23(34)16-39-29(38)20-13-21(14-20)31-28(37)25-30-15-22(27(36)33-25)26(35)32-24(18-9-5-3-6-10-18)19-11-7-4-8-12-19/h3-12,15,17,20-21,24H,13-14,16H2,1-2H3,(H,31,37)(H,32,35)(H,30,33,36). The van der Waals surface area contributed by atoms with Crippen LogP contribution >= 0.6 is 0 Å². The first-order chi connectivity index (χ1) is 19.2. The molecule has 4 rings (SSSR count). The fourth-order valence-corrected chi connectivity index (χ4v) is 4.26. The second-order valence-corrected chi connectivity index (χ2v) is 9.69. The Morgan fingerprint density at radius 2 is 1.55 bits per heavy atom. The Hall–Kier alpha value is -4.80. The summed E-state index contributed by atoms with van der Waals surface area (Å²) in [6, 6.07) is 17.8. The summed E-state index contributed by atoms with van der Waals surface area (Å²) in [7, 11) is 0. The topological polar surface area (TPSA) is 157 Å². The number of nitrogens with one attached hydrogen (secondary N) is 3. The molecule has 0 radical (unpaired) electrons. The Kier molecular flexibility index (Phi) is 9.05. The molecule has 0 atom stereocenters. The second-order valence-electron chi connectivity index (χ2n) is 9.69. The molecule has 0 unspecified atom stereocenters. The van der Waals surface area contributed by atoms with Gasteiger partial charge in [-0.25, -0.2) is 9.78 Å². The van der Waals surface area contributed by atoms with Crippen LogP contribution in [0.2, 0.25) is 0 Å². The molecule has 1 saturated carbocycles. The van der Waals surface area contributed by atoms with Gasteiger partial charge in [0, 0.05) is 12.2 Å². The maximum Gasteiger partial charge on any atom is 0.344 e. The van der Waals surface area contributed by atoms with Crippen LogP contribution in [0.3, 0.4) is 0 Å². The highest BCUT2D eigenvalue weighted by atomic mass is 16.6. The van der Waals surface area contributed by atoms with Crippen molar-refractivity contribution in [3.05, 3.63) is 99.7 Å². The molecule has 1 aliphatic rings. The largest absolute Gasteiger partial charge is 0.460 e. The van der Waals surface area contributed by atoms with E-state index < -0.39 is 47.9 Å². The zero-order valence-corrected chi connectivity index (χ0v) is 22.1. The van der Waals surface area contributed by atoms with Gasteiger partial charge in [-0.3, -0.25) is 19.2 Å². The minimum Gasteiger partial charge on any atom is -0.460 e. The second kappa shape index (κ2) is 12.8. The minimum absolute atomic E-state index is 0.240. The molecule has 0 aliphatic heterocycles. The van der Waals surface area contributed by atoms with Crippen molar-refractivity contribution < 1.29 is 28.7 Å². The molecule has 1 fully saturated rings. The smallest absolute Gasteiger partial charge is 0.344 e. The zero-order valence-electron chi connectivity index (χ0n) is 22.1. The predicted molar refractivity (Wildman–Crippen MR) is 143 cm³/mol. The Labute approximate surface area is 230 Å². The van der Waals surface area contributed by atoms with Crippen molar-refractivity contribution in [1.29, 1.82) is 0 Å². The summed E-state index contributed by atoms with van der Waals surface area (Å²) in [5.74, 6) is -3.18. The van der Waals surface area contributed by atoms with Crippen LogP contribution in [0.1, 0.15) is 64.8 Å². The first kappa shape index (κ1) is 28.2. The van der Waals surface area contributed by atoms with E-state index in [0.717, 1.165) is 17.3 Å². The minimum atomic E-state index is -0.763. The molecule has 0 saturated heterocycles. The summed E-state index contributed by atoms with van der Waals surface area (Å²) in [6.07, 6.45) is 1.38. The number of nitrogens with zero attached hydrogens (tertiary/aromatic N) is 1. The molecule has 1 heterocycles. The number of ether oxygens (including phenoxy) is 2. The number of rotatable bonds is 10. The molecule has 40 heavy (non-hydrogen) atoms. The van der Waals surface area contributed by atoms with Crippen LogP contribution in [0.25, 0.3) is 0 Å². The van der Waals surface area contributed by atoms with Crippen LogP contribution in [0.4, 0.5) is 0 Å². The highest BCUT2D eigenvalue weighted by molar-refractivity contribution is 5.95. The Balaban J connectivity index is 1.33. The van der Waals surface area contributed by atoms with Crippen molar-refractivity contribution in [2.24, 2.45) is 5.92 Å². The third kappa shape index (κ3) is 7.19. The van der Waals surface area contributed by atoms with Crippen molar-refractivity contribution >= 4 is 23.8 Å². The van der Waals surface area contributed by atoms with Gasteiger partial charge in [-0.1, -0.05) is 60.7 Å². The molecule has 1 aliphatic carbocycles. The molecule has 0 bridgehead atoms. The number of hydrogen-bond acceptors (Lipinski definition) is 8. The molecule has 208 valence electrons. The molecular weight excluding hydrogens is 516 g/mol. The summed E-state index contributed by atoms with van der Waals surface area (Å²) in [4.78, 5) is 68.3. The predicted octanol–water partition coefficient (Wildman–Crippen LogP) is 2.29. The van der Waals surface area contributed by atoms with Gasteiger partial charge in [0.1, 0.15) is 5.56 Å². The van der Waals surface area contributed by atoms with E-state index in [1.807, 2.05) is 60.7 Å². The maximum atomic E-state index is 13.0. The molecule has 11 heteroatoms. The quantitative estimate of drug-likeness (QED) is 0.327. The summed E-state index contributed by atoms with van der Waals surface area (Å²) in [5, 5.41) is 5.56.